The molecule has 58 heavy (non-hydrogen) atoms. The Bertz CT molecular complexity index is 1990. The summed E-state index contributed by atoms with van der Waals surface area (Å²) in [5.74, 6) is -3.41. The van der Waals surface area contributed by atoms with Crippen molar-refractivity contribution < 1.29 is 71.3 Å². The van der Waals surface area contributed by atoms with E-state index in [4.69, 9.17) is 42.6 Å². The third kappa shape index (κ3) is 5.84. The maximum Gasteiger partial charge on any atom is 0.318 e. The fourth-order valence-corrected chi connectivity index (χ4v) is 9.86. The van der Waals surface area contributed by atoms with Gasteiger partial charge in [-0.25, -0.2) is 0 Å². The van der Waals surface area contributed by atoms with E-state index in [1.807, 2.05) is 54.6 Å². The summed E-state index contributed by atoms with van der Waals surface area (Å²) in [6, 6.07) is 23.9. The molecule has 0 amide bonds. The summed E-state index contributed by atoms with van der Waals surface area (Å²) >= 11 is 0. The summed E-state index contributed by atoms with van der Waals surface area (Å²) in [5.41, 5.74) is -3.60. The van der Waals surface area contributed by atoms with E-state index >= 15 is 0 Å². The molecule has 0 saturated carbocycles. The summed E-state index contributed by atoms with van der Waals surface area (Å²) in [4.78, 5) is 67.5. The van der Waals surface area contributed by atoms with E-state index in [2.05, 4.69) is 4.74 Å². The Hall–Kier alpha value is -5.51. The van der Waals surface area contributed by atoms with Crippen LogP contribution in [-0.2, 0) is 67.5 Å². The molecule has 4 saturated heterocycles. The standard InChI is InChI=1S/C43H46O15/c1-23-32(55-31(46)22-21-30(45)51-5)36-42(40(48)53-7)37-33(54-24(2)44)34(38(57-37)41(42,35(23)56-36)39(47)52-6)58-43(25-11-9-8-10-12-25,26-13-17-28(49-3)18-14-26)27-15-19-29(50-4)20-16-27/h8-20,23,32-38H,21-22H2,1-7H3/t23-,32+,33+,34-,35?,36+,37+,38?,41-,42+/m0/s1. The predicted molar refractivity (Wildman–Crippen MR) is 199 cm³/mol. The number of benzene rings is 3. The molecule has 3 aromatic carbocycles. The molecule has 0 radical (unpaired) electrons. The van der Waals surface area contributed by atoms with E-state index in [0.717, 1.165) is 7.11 Å². The maximum absolute atomic E-state index is 14.8. The van der Waals surface area contributed by atoms with Crippen molar-refractivity contribution in [2.45, 2.75) is 75.0 Å². The highest BCUT2D eigenvalue weighted by atomic mass is 16.7. The van der Waals surface area contributed by atoms with Crippen LogP contribution in [0, 0.1) is 16.7 Å². The number of hydrogen-bond donors (Lipinski definition) is 0. The van der Waals surface area contributed by atoms with Gasteiger partial charge < -0.3 is 47.4 Å². The largest absolute Gasteiger partial charge is 0.497 e. The van der Waals surface area contributed by atoms with E-state index < -0.39 is 94.9 Å². The molecule has 0 N–H and O–H groups in total. The lowest BCUT2D eigenvalue weighted by atomic mass is 9.46. The first kappa shape index (κ1) is 40.7. The smallest absolute Gasteiger partial charge is 0.318 e. The second-order valence-corrected chi connectivity index (χ2v) is 14.7. The summed E-state index contributed by atoms with van der Waals surface area (Å²) < 4.78 is 59.6. The van der Waals surface area contributed by atoms with E-state index in [9.17, 15) is 24.0 Å². The Morgan fingerprint density at radius 3 is 1.53 bits per heavy atom. The number of rotatable bonds is 14. The van der Waals surface area contributed by atoms with Gasteiger partial charge in [-0.1, -0.05) is 61.5 Å². The van der Waals surface area contributed by atoms with Gasteiger partial charge >= 0.3 is 29.8 Å². The molecule has 10 atom stereocenters. The average molecular weight is 803 g/mol. The van der Waals surface area contributed by atoms with Crippen LogP contribution >= 0.6 is 0 Å². The number of methoxy groups -OCH3 is 5. The fourth-order valence-electron chi connectivity index (χ4n) is 9.86. The quantitative estimate of drug-likeness (QED) is 0.131. The summed E-state index contributed by atoms with van der Waals surface area (Å²) in [6.07, 6.45) is -9.58. The number of hydrogen-bond acceptors (Lipinski definition) is 15. The lowest BCUT2D eigenvalue weighted by Crippen LogP contribution is -2.75. The topological polar surface area (TPSA) is 178 Å². The molecule has 0 aliphatic carbocycles. The summed E-state index contributed by atoms with van der Waals surface area (Å²) in [5, 5.41) is 0. The lowest BCUT2D eigenvalue weighted by Gasteiger charge is -2.53. The summed E-state index contributed by atoms with van der Waals surface area (Å²) in [6.45, 7) is 2.94. The van der Waals surface area contributed by atoms with Crippen LogP contribution < -0.4 is 9.47 Å². The van der Waals surface area contributed by atoms with Crippen LogP contribution in [0.25, 0.3) is 0 Å². The molecular formula is C43H46O15. The zero-order chi connectivity index (χ0) is 41.6. The van der Waals surface area contributed by atoms with Crippen molar-refractivity contribution in [3.63, 3.8) is 0 Å². The molecule has 15 nitrogen and oxygen atoms in total. The van der Waals surface area contributed by atoms with Crippen molar-refractivity contribution in [1.82, 2.24) is 0 Å². The van der Waals surface area contributed by atoms with Gasteiger partial charge in [0.15, 0.2) is 6.10 Å². The monoisotopic (exact) mass is 802 g/mol. The van der Waals surface area contributed by atoms with Crippen molar-refractivity contribution in [3.05, 3.63) is 95.6 Å². The molecule has 0 spiro atoms. The van der Waals surface area contributed by atoms with E-state index in [1.54, 1.807) is 45.4 Å². The third-order valence-electron chi connectivity index (χ3n) is 12.1. The number of fused-ring (bicyclic) bond motifs is 9. The first-order valence-electron chi connectivity index (χ1n) is 18.8. The van der Waals surface area contributed by atoms with Crippen molar-refractivity contribution in [2.75, 3.05) is 35.5 Å². The first-order chi connectivity index (χ1) is 27.9. The van der Waals surface area contributed by atoms with Crippen LogP contribution in [0.2, 0.25) is 0 Å². The van der Waals surface area contributed by atoms with Crippen LogP contribution in [0.3, 0.4) is 0 Å². The van der Waals surface area contributed by atoms with E-state index in [1.165, 1.54) is 21.1 Å². The predicted octanol–water partition coefficient (Wildman–Crippen LogP) is 3.69. The molecule has 4 aliphatic heterocycles. The second-order valence-electron chi connectivity index (χ2n) is 14.7. The van der Waals surface area contributed by atoms with Gasteiger partial charge in [-0.15, -0.1) is 0 Å². The van der Waals surface area contributed by atoms with Crippen molar-refractivity contribution >= 4 is 29.8 Å². The number of carbonyl (C=O) groups excluding carboxylic acids is 5. The maximum atomic E-state index is 14.8. The molecule has 308 valence electrons. The molecule has 4 fully saturated rings. The van der Waals surface area contributed by atoms with Gasteiger partial charge in [0.1, 0.15) is 58.4 Å². The average Bonchev–Trinajstić information content (AvgIpc) is 3.96. The van der Waals surface area contributed by atoms with Gasteiger partial charge in [0.2, 0.25) is 0 Å². The number of carbonyl (C=O) groups is 5. The Labute approximate surface area is 335 Å². The van der Waals surface area contributed by atoms with Crippen LogP contribution in [0.4, 0.5) is 0 Å². The molecule has 7 rings (SSSR count). The van der Waals surface area contributed by atoms with Gasteiger partial charge in [-0.2, -0.15) is 0 Å². The molecule has 3 aromatic rings. The van der Waals surface area contributed by atoms with Gasteiger partial charge in [-0.05, 0) is 41.0 Å². The molecule has 4 bridgehead atoms. The van der Waals surface area contributed by atoms with E-state index in [0.29, 0.717) is 28.2 Å². The third-order valence-corrected chi connectivity index (χ3v) is 12.1. The van der Waals surface area contributed by atoms with Crippen molar-refractivity contribution in [1.29, 1.82) is 0 Å². The highest BCUT2D eigenvalue weighted by Crippen LogP contribution is 2.74. The Morgan fingerprint density at radius 1 is 0.569 bits per heavy atom. The minimum Gasteiger partial charge on any atom is -0.497 e. The minimum absolute atomic E-state index is 0.244. The molecule has 15 heteroatoms. The summed E-state index contributed by atoms with van der Waals surface area (Å²) in [7, 11) is 6.66. The minimum atomic E-state index is -2.07. The fraction of sp³-hybridized carbons (Fsp3) is 0.465. The van der Waals surface area contributed by atoms with Crippen LogP contribution in [0.1, 0.15) is 43.4 Å². The van der Waals surface area contributed by atoms with Crippen LogP contribution in [-0.4, -0.2) is 108 Å². The molecule has 4 aliphatic rings. The Kier molecular flexibility index (Phi) is 11.0. The van der Waals surface area contributed by atoms with Gasteiger partial charge in [0.05, 0.1) is 54.5 Å². The second kappa shape index (κ2) is 15.7. The lowest BCUT2D eigenvalue weighted by molar-refractivity contribution is -0.217. The van der Waals surface area contributed by atoms with Gasteiger partial charge in [0, 0.05) is 12.8 Å². The molecule has 0 aromatic heterocycles. The van der Waals surface area contributed by atoms with Gasteiger partial charge in [0.25, 0.3) is 0 Å². The van der Waals surface area contributed by atoms with E-state index in [-0.39, 0.29) is 12.8 Å². The zero-order valence-corrected chi connectivity index (χ0v) is 33.2. The molecular weight excluding hydrogens is 756 g/mol. The number of ether oxygens (including phenoxy) is 10. The first-order valence-corrected chi connectivity index (χ1v) is 18.8. The normalized spacial score (nSPS) is 30.2. The van der Waals surface area contributed by atoms with Crippen molar-refractivity contribution in [2.24, 2.45) is 16.7 Å². The van der Waals surface area contributed by atoms with Crippen molar-refractivity contribution in [3.8, 4) is 11.5 Å². The highest BCUT2D eigenvalue weighted by molar-refractivity contribution is 5.94. The van der Waals surface area contributed by atoms with Crippen LogP contribution in [0.15, 0.2) is 78.9 Å². The molecule has 2 unspecified atom stereocenters. The highest BCUT2D eigenvalue weighted by Gasteiger charge is 2.94. The van der Waals surface area contributed by atoms with Gasteiger partial charge in [-0.3, -0.25) is 24.0 Å². The molecule has 4 heterocycles. The SMILES string of the molecule is COC(=O)CCC(=O)O[C@@H]1[C@H](C)C2O[C@H]1[C@]1(C(=O)OC)[C@@H]3OC([C@@H](OC(c4ccccc4)(c4ccc(OC)cc4)c4ccc(OC)cc4)[C@H]3OC(C)=O)[C@]21C(=O)OC. The zero-order valence-electron chi connectivity index (χ0n) is 33.2. The Morgan fingerprint density at radius 2 is 1.03 bits per heavy atom. The Balaban J connectivity index is 1.43. The van der Waals surface area contributed by atoms with Crippen LogP contribution in [0.5, 0.6) is 11.5 Å². The number of esters is 5.